The normalized spacial score (nSPS) is 14.5. The molecule has 0 radical (unpaired) electrons. The number of carbonyl (C=O) groups is 2. The summed E-state index contributed by atoms with van der Waals surface area (Å²) in [5.74, 6) is 0.999. The molecule has 0 saturated carbocycles. The molecular weight excluding hydrogens is 593 g/mol. The van der Waals surface area contributed by atoms with Crippen LogP contribution >= 0.6 is 11.8 Å². The monoisotopic (exact) mass is 622 g/mol. The molecular formula is C31H29F3N6O3S. The van der Waals surface area contributed by atoms with E-state index in [1.165, 1.54) is 40.2 Å². The number of ether oxygens (including phenoxy) is 1. The Bertz CT molecular complexity index is 1700. The molecule has 3 amide bonds. The third-order valence-electron chi connectivity index (χ3n) is 6.75. The van der Waals surface area contributed by atoms with Crippen molar-refractivity contribution in [2.24, 2.45) is 4.99 Å². The molecule has 5 rings (SSSR count). The van der Waals surface area contributed by atoms with Crippen LogP contribution in [0.2, 0.25) is 0 Å². The maximum absolute atomic E-state index is 12.8. The van der Waals surface area contributed by atoms with Gasteiger partial charge in [0, 0.05) is 12.1 Å². The number of halogens is 3. The molecule has 0 spiro atoms. The molecule has 44 heavy (non-hydrogen) atoms. The maximum Gasteiger partial charge on any atom is 0.573 e. The van der Waals surface area contributed by atoms with Gasteiger partial charge in [-0.15, -0.1) is 18.3 Å². The van der Waals surface area contributed by atoms with E-state index in [1.807, 2.05) is 49.4 Å². The quantitative estimate of drug-likeness (QED) is 0.222. The number of anilines is 1. The summed E-state index contributed by atoms with van der Waals surface area (Å²) < 4.78 is 42.6. The number of nitrogens with one attached hydrogen (secondary N) is 1. The molecule has 1 aliphatic rings. The average molecular weight is 623 g/mol. The lowest BCUT2D eigenvalue weighted by atomic mass is 9.99. The van der Waals surface area contributed by atoms with Gasteiger partial charge in [-0.25, -0.2) is 14.5 Å². The van der Waals surface area contributed by atoms with Crippen molar-refractivity contribution in [3.8, 4) is 22.8 Å². The van der Waals surface area contributed by atoms with E-state index in [1.54, 1.807) is 0 Å². The number of aromatic nitrogens is 3. The second kappa shape index (κ2) is 12.9. The minimum Gasteiger partial charge on any atom is -0.406 e. The highest BCUT2D eigenvalue weighted by atomic mass is 32.2. The van der Waals surface area contributed by atoms with E-state index in [2.05, 4.69) is 39.0 Å². The average Bonchev–Trinajstić information content (AvgIpc) is 3.60. The van der Waals surface area contributed by atoms with Gasteiger partial charge in [0.15, 0.2) is 5.82 Å². The molecule has 2 heterocycles. The molecule has 1 aliphatic heterocycles. The van der Waals surface area contributed by atoms with Crippen molar-refractivity contribution < 1.29 is 27.5 Å². The lowest BCUT2D eigenvalue weighted by Gasteiger charge is -2.22. The van der Waals surface area contributed by atoms with Crippen LogP contribution in [-0.2, 0) is 6.42 Å². The second-order valence-electron chi connectivity index (χ2n) is 10.4. The zero-order valence-corrected chi connectivity index (χ0v) is 24.9. The topological polar surface area (TPSA) is 102 Å². The number of amides is 3. The fraction of sp³-hybridized carbons (Fsp3) is 0.258. The summed E-state index contributed by atoms with van der Waals surface area (Å²) in [7, 11) is 0. The number of aryl methyl sites for hydroxylation is 1. The first-order chi connectivity index (χ1) is 21.0. The van der Waals surface area contributed by atoms with Crippen LogP contribution in [0.3, 0.4) is 0 Å². The van der Waals surface area contributed by atoms with Crippen LogP contribution in [0.5, 0.6) is 5.75 Å². The van der Waals surface area contributed by atoms with Gasteiger partial charge in [-0.05, 0) is 72.4 Å². The fourth-order valence-electron chi connectivity index (χ4n) is 4.67. The highest BCUT2D eigenvalue weighted by molar-refractivity contribution is 8.15. The largest absolute Gasteiger partial charge is 0.573 e. The number of hydrogen-bond donors (Lipinski definition) is 1. The first-order valence-corrected chi connectivity index (χ1v) is 14.8. The van der Waals surface area contributed by atoms with Crippen LogP contribution in [0, 0.1) is 6.92 Å². The van der Waals surface area contributed by atoms with Crippen molar-refractivity contribution in [1.82, 2.24) is 20.1 Å². The summed E-state index contributed by atoms with van der Waals surface area (Å²) in [5, 5.41) is 7.09. The minimum absolute atomic E-state index is 0.163. The smallest absolute Gasteiger partial charge is 0.406 e. The number of nitrogens with zero attached hydrogens (tertiary/aromatic N) is 5. The number of carbonyl (C=O) groups excluding carboxylic acids is 2. The molecule has 1 aromatic heterocycles. The number of rotatable bonds is 8. The number of amidine groups is 1. The minimum atomic E-state index is -4.76. The van der Waals surface area contributed by atoms with Gasteiger partial charge < -0.3 is 10.1 Å². The summed E-state index contributed by atoms with van der Waals surface area (Å²) >= 11 is 1.12. The maximum atomic E-state index is 12.8. The van der Waals surface area contributed by atoms with Crippen LogP contribution in [0.15, 0.2) is 78.0 Å². The number of hydrogen-bond acceptors (Lipinski definition) is 6. The molecule has 0 atom stereocenters. The Morgan fingerprint density at radius 3 is 2.61 bits per heavy atom. The van der Waals surface area contributed by atoms with Crippen LogP contribution in [0.4, 0.5) is 28.4 Å². The van der Waals surface area contributed by atoms with Gasteiger partial charge in [0.2, 0.25) is 0 Å². The summed E-state index contributed by atoms with van der Waals surface area (Å²) in [6.07, 6.45) is -2.78. The van der Waals surface area contributed by atoms with Gasteiger partial charge in [0.1, 0.15) is 17.9 Å². The van der Waals surface area contributed by atoms with Crippen LogP contribution in [0.1, 0.15) is 36.5 Å². The molecule has 228 valence electrons. The van der Waals surface area contributed by atoms with Gasteiger partial charge in [0.25, 0.3) is 5.24 Å². The molecule has 0 aliphatic carbocycles. The van der Waals surface area contributed by atoms with E-state index in [0.29, 0.717) is 36.1 Å². The first-order valence-electron chi connectivity index (χ1n) is 13.8. The Kier molecular flexibility index (Phi) is 9.04. The van der Waals surface area contributed by atoms with E-state index < -0.39 is 12.4 Å². The van der Waals surface area contributed by atoms with Gasteiger partial charge in [-0.2, -0.15) is 4.99 Å². The Labute approximate surface area is 256 Å². The first kappa shape index (κ1) is 30.8. The van der Waals surface area contributed by atoms with Crippen molar-refractivity contribution in [2.75, 3.05) is 17.2 Å². The third-order valence-corrected chi connectivity index (χ3v) is 7.58. The van der Waals surface area contributed by atoms with E-state index in [-0.39, 0.29) is 16.9 Å². The van der Waals surface area contributed by atoms with Crippen molar-refractivity contribution in [3.05, 3.63) is 89.7 Å². The highest BCUT2D eigenvalue weighted by Crippen LogP contribution is 2.34. The number of benzene rings is 3. The lowest BCUT2D eigenvalue weighted by molar-refractivity contribution is -0.274. The third kappa shape index (κ3) is 7.46. The number of thioether (sulfide) groups is 1. The van der Waals surface area contributed by atoms with Crippen molar-refractivity contribution in [1.29, 1.82) is 0 Å². The molecule has 0 unspecified atom stereocenters. The summed E-state index contributed by atoms with van der Waals surface area (Å²) in [6.45, 7) is 6.39. The molecule has 3 aromatic carbocycles. The van der Waals surface area contributed by atoms with Gasteiger partial charge in [-0.1, -0.05) is 55.9 Å². The van der Waals surface area contributed by atoms with E-state index in [9.17, 15) is 22.8 Å². The zero-order chi connectivity index (χ0) is 31.4. The van der Waals surface area contributed by atoms with Crippen molar-refractivity contribution in [2.45, 2.75) is 39.5 Å². The second-order valence-corrected chi connectivity index (χ2v) is 11.3. The van der Waals surface area contributed by atoms with Crippen molar-refractivity contribution in [3.63, 3.8) is 0 Å². The lowest BCUT2D eigenvalue weighted by Crippen LogP contribution is -2.32. The Hall–Kier alpha value is -4.65. The summed E-state index contributed by atoms with van der Waals surface area (Å²) in [6, 6.07) is 18.2. The Morgan fingerprint density at radius 1 is 1.11 bits per heavy atom. The van der Waals surface area contributed by atoms with Gasteiger partial charge >= 0.3 is 12.4 Å². The Morgan fingerprint density at radius 2 is 1.89 bits per heavy atom. The van der Waals surface area contributed by atoms with Crippen LogP contribution in [0.25, 0.3) is 17.1 Å². The van der Waals surface area contributed by atoms with Crippen molar-refractivity contribution >= 4 is 34.6 Å². The molecule has 9 nitrogen and oxygen atoms in total. The molecule has 0 bridgehead atoms. The summed E-state index contributed by atoms with van der Waals surface area (Å²) in [4.78, 5) is 35.6. The fourth-order valence-corrected chi connectivity index (χ4v) is 5.45. The molecule has 4 aromatic rings. The SMILES string of the molecule is Cc1ccc(C(C)C)c(N2C(=O)SCC2=NC(=O)NCCc2cccc(-c3ncn(-c4ccc(OC(F)(F)F)cc4)n3)c2)c1. The number of alkyl halides is 3. The predicted molar refractivity (Wildman–Crippen MR) is 164 cm³/mol. The standard InChI is InChI=1S/C31H29F3N6O3S/c1-19(2)25-12-7-20(3)15-26(25)40-27(17-44-30(40)42)37-29(41)35-14-13-21-5-4-6-22(16-21)28-36-18-39(38-28)23-8-10-24(11-9-23)43-31(32,33)34/h4-12,15-16,18-19H,13-14,17H2,1-3H3,(H,35,41). The summed E-state index contributed by atoms with van der Waals surface area (Å²) in [5.41, 5.74) is 4.95. The Balaban J connectivity index is 1.21. The zero-order valence-electron chi connectivity index (χ0n) is 24.1. The highest BCUT2D eigenvalue weighted by Gasteiger charge is 2.33. The number of aliphatic imine (C=N–C) groups is 1. The molecule has 13 heteroatoms. The van der Waals surface area contributed by atoms with E-state index in [4.69, 9.17) is 0 Å². The van der Waals surface area contributed by atoms with Gasteiger partial charge in [-0.3, -0.25) is 9.69 Å². The van der Waals surface area contributed by atoms with E-state index >= 15 is 0 Å². The van der Waals surface area contributed by atoms with Crippen LogP contribution < -0.4 is 15.0 Å². The molecule has 1 N–H and O–H groups in total. The van der Waals surface area contributed by atoms with Gasteiger partial charge in [0.05, 0.1) is 17.1 Å². The number of urea groups is 1. The van der Waals surface area contributed by atoms with E-state index in [0.717, 1.165) is 39.7 Å². The molecule has 1 saturated heterocycles. The molecule has 1 fully saturated rings. The van der Waals surface area contributed by atoms with Crippen LogP contribution in [-0.4, -0.2) is 50.5 Å². The predicted octanol–water partition coefficient (Wildman–Crippen LogP) is 7.29.